The van der Waals surface area contributed by atoms with E-state index in [1.54, 1.807) is 0 Å². The zero-order valence-corrected chi connectivity index (χ0v) is 9.04. The van der Waals surface area contributed by atoms with Crippen molar-refractivity contribution >= 4 is 0 Å². The van der Waals surface area contributed by atoms with E-state index in [0.717, 1.165) is 18.5 Å². The van der Waals surface area contributed by atoms with Crippen LogP contribution in [0.4, 0.5) is 13.2 Å². The van der Waals surface area contributed by atoms with Crippen LogP contribution in [0.2, 0.25) is 0 Å². The molecule has 3 N–H and O–H groups in total. The Labute approximate surface area is 96.5 Å². The molecule has 0 spiro atoms. The van der Waals surface area contributed by atoms with E-state index in [9.17, 15) is 18.3 Å². The van der Waals surface area contributed by atoms with Gasteiger partial charge in [0.15, 0.2) is 0 Å². The van der Waals surface area contributed by atoms with Crippen molar-refractivity contribution in [3.8, 4) is 0 Å². The molecule has 94 valence electrons. The molecule has 0 amide bonds. The maximum absolute atomic E-state index is 12.8. The molecular formula is C11H13F3N2O. The first-order valence-electron chi connectivity index (χ1n) is 5.32. The van der Waals surface area contributed by atoms with Gasteiger partial charge >= 0.3 is 6.18 Å². The SMILES string of the molecule is NC1CCC(O)(c2cnccc2C(F)(F)F)C1. The number of aromatic nitrogens is 1. The molecule has 1 fully saturated rings. The lowest BCUT2D eigenvalue weighted by atomic mass is 9.89. The van der Waals surface area contributed by atoms with Gasteiger partial charge in [0.05, 0.1) is 11.2 Å². The van der Waals surface area contributed by atoms with Crippen LogP contribution < -0.4 is 5.73 Å². The summed E-state index contributed by atoms with van der Waals surface area (Å²) in [6, 6.07) is 0.623. The van der Waals surface area contributed by atoms with Gasteiger partial charge in [-0.15, -0.1) is 0 Å². The molecule has 3 nitrogen and oxygen atoms in total. The predicted octanol–water partition coefficient (Wildman–Crippen LogP) is 1.80. The van der Waals surface area contributed by atoms with Crippen LogP contribution in [0.15, 0.2) is 18.5 Å². The quantitative estimate of drug-likeness (QED) is 0.794. The van der Waals surface area contributed by atoms with Crippen molar-refractivity contribution in [3.05, 3.63) is 29.6 Å². The number of hydrogen-bond donors (Lipinski definition) is 2. The minimum absolute atomic E-state index is 0.141. The summed E-state index contributed by atoms with van der Waals surface area (Å²) < 4.78 is 38.4. The van der Waals surface area contributed by atoms with Gasteiger partial charge < -0.3 is 10.8 Å². The topological polar surface area (TPSA) is 59.1 Å². The van der Waals surface area contributed by atoms with Gasteiger partial charge in [-0.25, -0.2) is 0 Å². The molecule has 17 heavy (non-hydrogen) atoms. The molecular weight excluding hydrogens is 233 g/mol. The zero-order valence-electron chi connectivity index (χ0n) is 9.04. The van der Waals surface area contributed by atoms with Crippen LogP contribution in [0.1, 0.15) is 30.4 Å². The second-order valence-corrected chi connectivity index (χ2v) is 4.45. The molecule has 2 unspecified atom stereocenters. The molecule has 0 bridgehead atoms. The number of halogens is 3. The highest BCUT2D eigenvalue weighted by Crippen LogP contribution is 2.43. The van der Waals surface area contributed by atoms with Gasteiger partial charge in [0.1, 0.15) is 0 Å². The third-order valence-corrected chi connectivity index (χ3v) is 3.16. The number of alkyl halides is 3. The Bertz CT molecular complexity index is 421. The molecule has 0 aliphatic heterocycles. The fourth-order valence-corrected chi connectivity index (χ4v) is 2.32. The fourth-order valence-electron chi connectivity index (χ4n) is 2.32. The Balaban J connectivity index is 2.46. The molecule has 0 aromatic carbocycles. The van der Waals surface area contributed by atoms with Gasteiger partial charge in [-0.3, -0.25) is 4.98 Å². The summed E-state index contributed by atoms with van der Waals surface area (Å²) in [5.41, 5.74) is 3.15. The Morgan fingerprint density at radius 3 is 2.71 bits per heavy atom. The van der Waals surface area contributed by atoms with Crippen LogP contribution in [0.5, 0.6) is 0 Å². The number of pyridine rings is 1. The molecule has 1 heterocycles. The van der Waals surface area contributed by atoms with Crippen molar-refractivity contribution in [1.82, 2.24) is 4.98 Å². The van der Waals surface area contributed by atoms with Crippen LogP contribution >= 0.6 is 0 Å². The lowest BCUT2D eigenvalue weighted by Crippen LogP contribution is -2.28. The van der Waals surface area contributed by atoms with Crippen LogP contribution in [0, 0.1) is 0 Å². The highest BCUT2D eigenvalue weighted by atomic mass is 19.4. The summed E-state index contributed by atoms with van der Waals surface area (Å²) in [6.07, 6.45) is -1.43. The van der Waals surface area contributed by atoms with Crippen molar-refractivity contribution in [2.75, 3.05) is 0 Å². The Morgan fingerprint density at radius 1 is 1.47 bits per heavy atom. The first-order valence-corrected chi connectivity index (χ1v) is 5.32. The van der Waals surface area contributed by atoms with E-state index in [0.29, 0.717) is 6.42 Å². The van der Waals surface area contributed by atoms with Gasteiger partial charge in [-0.05, 0) is 25.3 Å². The Kier molecular flexibility index (Phi) is 2.87. The standard InChI is InChI=1S/C11H13F3N2O/c12-11(13,14)8-2-4-16-6-9(8)10(17)3-1-7(15)5-10/h2,4,6-7,17H,1,3,5,15H2. The largest absolute Gasteiger partial charge is 0.416 e. The van der Waals surface area contributed by atoms with Gasteiger partial charge in [-0.2, -0.15) is 13.2 Å². The Hall–Kier alpha value is -1.14. The summed E-state index contributed by atoms with van der Waals surface area (Å²) in [7, 11) is 0. The lowest BCUT2D eigenvalue weighted by molar-refractivity contribution is -0.140. The van der Waals surface area contributed by atoms with Crippen LogP contribution in [0.3, 0.4) is 0 Å². The van der Waals surface area contributed by atoms with Crippen LogP contribution in [-0.2, 0) is 11.8 Å². The average molecular weight is 246 g/mol. The summed E-state index contributed by atoms with van der Waals surface area (Å²) in [5, 5.41) is 10.3. The van der Waals surface area contributed by atoms with Crippen molar-refractivity contribution in [2.24, 2.45) is 5.73 Å². The zero-order chi connectivity index (χ0) is 12.7. The van der Waals surface area contributed by atoms with Gasteiger partial charge in [0.25, 0.3) is 0 Å². The fraction of sp³-hybridized carbons (Fsp3) is 0.545. The molecule has 1 aromatic heterocycles. The molecule has 2 atom stereocenters. The predicted molar refractivity (Wildman–Crippen MR) is 55.0 cm³/mol. The summed E-state index contributed by atoms with van der Waals surface area (Å²) in [6.45, 7) is 0. The van der Waals surface area contributed by atoms with Crippen molar-refractivity contribution in [3.63, 3.8) is 0 Å². The molecule has 1 aliphatic carbocycles. The van der Waals surface area contributed by atoms with Crippen molar-refractivity contribution < 1.29 is 18.3 Å². The molecule has 1 aromatic rings. The van der Waals surface area contributed by atoms with E-state index in [-0.39, 0.29) is 24.4 Å². The normalized spacial score (nSPS) is 29.6. The van der Waals surface area contributed by atoms with Gasteiger partial charge in [0, 0.05) is 24.0 Å². The van der Waals surface area contributed by atoms with Gasteiger partial charge in [0.2, 0.25) is 0 Å². The lowest BCUT2D eigenvalue weighted by Gasteiger charge is -2.26. The maximum Gasteiger partial charge on any atom is 0.416 e. The van der Waals surface area contributed by atoms with E-state index in [4.69, 9.17) is 5.73 Å². The maximum atomic E-state index is 12.8. The number of nitrogens with zero attached hydrogens (tertiary/aromatic N) is 1. The van der Waals surface area contributed by atoms with E-state index in [2.05, 4.69) is 4.98 Å². The number of rotatable bonds is 1. The summed E-state index contributed by atoms with van der Waals surface area (Å²) in [4.78, 5) is 3.67. The second-order valence-electron chi connectivity index (χ2n) is 4.45. The number of nitrogens with two attached hydrogens (primary N) is 1. The van der Waals surface area contributed by atoms with Crippen molar-refractivity contribution in [1.29, 1.82) is 0 Å². The van der Waals surface area contributed by atoms with E-state index in [1.807, 2.05) is 0 Å². The third kappa shape index (κ3) is 2.28. The minimum Gasteiger partial charge on any atom is -0.385 e. The molecule has 0 radical (unpaired) electrons. The number of hydrogen-bond acceptors (Lipinski definition) is 3. The Morgan fingerprint density at radius 2 is 2.18 bits per heavy atom. The monoisotopic (exact) mass is 246 g/mol. The minimum atomic E-state index is -4.49. The van der Waals surface area contributed by atoms with E-state index < -0.39 is 17.3 Å². The second kappa shape index (κ2) is 3.96. The molecule has 6 heteroatoms. The van der Waals surface area contributed by atoms with Crippen LogP contribution in [-0.4, -0.2) is 16.1 Å². The van der Waals surface area contributed by atoms with Crippen molar-refractivity contribution in [2.45, 2.75) is 37.1 Å². The van der Waals surface area contributed by atoms with E-state index in [1.165, 1.54) is 0 Å². The first-order chi connectivity index (χ1) is 7.83. The molecule has 0 saturated heterocycles. The average Bonchev–Trinajstić information content (AvgIpc) is 2.59. The highest BCUT2D eigenvalue weighted by molar-refractivity contribution is 5.32. The first kappa shape index (κ1) is 12.3. The van der Waals surface area contributed by atoms with E-state index >= 15 is 0 Å². The summed E-state index contributed by atoms with van der Waals surface area (Å²) in [5.74, 6) is 0. The van der Waals surface area contributed by atoms with Gasteiger partial charge in [-0.1, -0.05) is 0 Å². The van der Waals surface area contributed by atoms with Crippen LogP contribution in [0.25, 0.3) is 0 Å². The number of aliphatic hydroxyl groups is 1. The highest BCUT2D eigenvalue weighted by Gasteiger charge is 2.44. The molecule has 1 saturated carbocycles. The molecule has 1 aliphatic rings. The summed E-state index contributed by atoms with van der Waals surface area (Å²) >= 11 is 0. The smallest absolute Gasteiger partial charge is 0.385 e. The molecule has 2 rings (SSSR count). The third-order valence-electron chi connectivity index (χ3n) is 3.16.